The molecule has 0 N–H and O–H groups in total. The van der Waals surface area contributed by atoms with Crippen molar-refractivity contribution in [1.29, 1.82) is 0 Å². The summed E-state index contributed by atoms with van der Waals surface area (Å²) in [7, 11) is -12.3. The lowest BCUT2D eigenvalue weighted by atomic mass is 10.2. The van der Waals surface area contributed by atoms with Crippen molar-refractivity contribution in [2.45, 2.75) is 147 Å². The third kappa shape index (κ3) is 9.82. The number of halogens is 3. The average Bonchev–Trinajstić information content (AvgIpc) is 3.40. The van der Waals surface area contributed by atoms with Crippen molar-refractivity contribution in [3.8, 4) is 11.8 Å². The van der Waals surface area contributed by atoms with Crippen LogP contribution in [0.4, 0.5) is 13.2 Å². The molecule has 15 heteroatoms. The molecule has 3 aromatic rings. The number of benzene rings is 2. The summed E-state index contributed by atoms with van der Waals surface area (Å²) in [5.41, 5.74) is -5.65. The number of alkyl halides is 3. The lowest BCUT2D eigenvalue weighted by molar-refractivity contribution is -0.699. The second kappa shape index (κ2) is 16.2. The standard InChI is InChI=1S/C40H61N2O3Si3.CHF3O3S/c1-38(2,3)46(10,11)43-28-20-21-31(45-47(12,13)39(4,5)6)26-27-32-29-41-30-35-36(37(41)44-32)42(35)48(40(7,8)9,33-22-16-14-17-23-33)34-24-18-15-19-25-34;2-1(3,4)8(5,6)7/h14-19,22-25,29,31,35-36H,26-28,30H2,1-13H3;(H,5,6,7)/q+1;/p-1/t31?,35-,36-,42?;/m0./s1. The Morgan fingerprint density at radius 2 is 1.34 bits per heavy atom. The largest absolute Gasteiger partial charge is 0.741 e. The molecule has 1 saturated heterocycles. The molecule has 2 aliphatic heterocycles. The van der Waals surface area contributed by atoms with Gasteiger partial charge in [-0.15, -0.1) is 0 Å². The van der Waals surface area contributed by atoms with Crippen LogP contribution in [0.15, 0.2) is 71.3 Å². The molecule has 2 aliphatic rings. The molecule has 1 aromatic heterocycles. The van der Waals surface area contributed by atoms with Gasteiger partial charge in [0.05, 0.1) is 12.6 Å². The highest BCUT2D eigenvalue weighted by atomic mass is 32.2. The number of fused-ring (bicyclic) bond motifs is 3. The van der Waals surface area contributed by atoms with Crippen LogP contribution in [0.1, 0.15) is 86.4 Å². The van der Waals surface area contributed by atoms with Gasteiger partial charge < -0.3 is 17.8 Å². The molecule has 0 bridgehead atoms. The lowest BCUT2D eigenvalue weighted by Crippen LogP contribution is -2.71. The molecule has 0 aliphatic carbocycles. The van der Waals surface area contributed by atoms with Crippen molar-refractivity contribution in [3.63, 3.8) is 0 Å². The highest BCUT2D eigenvalue weighted by molar-refractivity contribution is 7.86. The Kier molecular flexibility index (Phi) is 13.4. The molecule has 0 spiro atoms. The van der Waals surface area contributed by atoms with Gasteiger partial charge >= 0.3 is 11.4 Å². The van der Waals surface area contributed by atoms with Gasteiger partial charge in [0.15, 0.2) is 53.3 Å². The van der Waals surface area contributed by atoms with Gasteiger partial charge in [-0.1, -0.05) is 135 Å². The highest BCUT2D eigenvalue weighted by Crippen LogP contribution is 2.55. The zero-order chi connectivity index (χ0) is 42.3. The molecule has 0 saturated carbocycles. The normalized spacial score (nSPS) is 19.6. The number of hydrogen-bond donors (Lipinski definition) is 0. The molecule has 0 amide bonds. The van der Waals surface area contributed by atoms with E-state index in [1.165, 1.54) is 10.4 Å². The maximum absolute atomic E-state index is 10.7. The van der Waals surface area contributed by atoms with E-state index in [1.807, 2.05) is 0 Å². The van der Waals surface area contributed by atoms with E-state index >= 15 is 0 Å². The third-order valence-corrected chi connectivity index (χ3v) is 27.4. The first-order chi connectivity index (χ1) is 25.5. The Labute approximate surface area is 336 Å². The third-order valence-electron chi connectivity index (χ3n) is 12.0. The Morgan fingerprint density at radius 3 is 1.77 bits per heavy atom. The Bertz CT molecular complexity index is 1940. The second-order valence-corrected chi connectivity index (χ2v) is 34.5. The number of hydrogen-bond acceptors (Lipinski definition) is 7. The fraction of sp³-hybridized carbons (Fsp3) is 0.585. The van der Waals surface area contributed by atoms with Crippen molar-refractivity contribution in [3.05, 3.63) is 78.5 Å². The van der Waals surface area contributed by atoms with Crippen molar-refractivity contribution in [2.75, 3.05) is 6.61 Å². The van der Waals surface area contributed by atoms with Crippen LogP contribution in [-0.2, 0) is 31.9 Å². The van der Waals surface area contributed by atoms with Crippen molar-refractivity contribution in [2.24, 2.45) is 0 Å². The molecule has 2 aromatic carbocycles. The summed E-state index contributed by atoms with van der Waals surface area (Å²) < 4.78 is 84.2. The molecular formula is C41H61F3N2O6SSi3. The maximum atomic E-state index is 10.7. The molecule has 56 heavy (non-hydrogen) atoms. The molecule has 5 rings (SSSR count). The van der Waals surface area contributed by atoms with Crippen molar-refractivity contribution >= 4 is 45.4 Å². The minimum Gasteiger partial charge on any atom is -0.741 e. The summed E-state index contributed by atoms with van der Waals surface area (Å²) in [5.74, 6) is 9.00. The SMILES string of the molecule is CC(C)(C)[Si](C)(C)OCC#CC(CCc1c[n+]2c(o1)[C@@H]1[C@H](C2)N1[Si](c1ccccc1)(c1ccccc1)C(C)(C)C)O[Si](C)(C)C(C)(C)C.O=S(=O)([O-])C(F)(F)F. The summed E-state index contributed by atoms with van der Waals surface area (Å²) >= 11 is 0. The van der Waals surface area contributed by atoms with Crippen LogP contribution in [0.5, 0.6) is 0 Å². The molecule has 310 valence electrons. The van der Waals surface area contributed by atoms with Crippen LogP contribution in [0.2, 0.25) is 41.3 Å². The average molecular weight is 851 g/mol. The molecule has 8 nitrogen and oxygen atoms in total. The molecule has 1 fully saturated rings. The molecular weight excluding hydrogens is 790 g/mol. The fourth-order valence-electron chi connectivity index (χ4n) is 6.99. The number of rotatable bonds is 10. The zero-order valence-electron chi connectivity index (χ0n) is 35.3. The summed E-state index contributed by atoms with van der Waals surface area (Å²) in [4.78, 5) is 0. The fourth-order valence-corrected chi connectivity index (χ4v) is 15.2. The monoisotopic (exact) mass is 850 g/mol. The van der Waals surface area contributed by atoms with E-state index in [1.54, 1.807) is 0 Å². The number of aromatic nitrogens is 1. The summed E-state index contributed by atoms with van der Waals surface area (Å²) in [6.45, 7) is 31.6. The second-order valence-electron chi connectivity index (χ2n) is 19.0. The summed E-state index contributed by atoms with van der Waals surface area (Å²) in [6, 6.07) is 23.3. The Balaban J connectivity index is 0.000000784. The maximum Gasteiger partial charge on any atom is 0.485 e. The van der Waals surface area contributed by atoms with Gasteiger partial charge in [0.2, 0.25) is 6.20 Å². The molecule has 3 heterocycles. The minimum absolute atomic E-state index is 0.0710. The number of oxazole rings is 1. The van der Waals surface area contributed by atoms with E-state index in [0.717, 1.165) is 31.0 Å². The number of nitrogens with zero attached hydrogens (tertiary/aromatic N) is 2. The van der Waals surface area contributed by atoms with Crippen molar-refractivity contribution in [1.82, 2.24) is 4.57 Å². The van der Waals surface area contributed by atoms with Gasteiger partial charge in [-0.05, 0) is 58.1 Å². The van der Waals surface area contributed by atoms with E-state index in [-0.39, 0.29) is 21.2 Å². The lowest BCUT2D eigenvalue weighted by Gasteiger charge is -2.45. The summed E-state index contributed by atoms with van der Waals surface area (Å²) in [6.07, 6.45) is 3.70. The van der Waals surface area contributed by atoms with Crippen molar-refractivity contribution < 1.29 is 44.0 Å². The van der Waals surface area contributed by atoms with E-state index in [9.17, 15) is 13.2 Å². The molecule has 4 atom stereocenters. The van der Waals surface area contributed by atoms with Crippen LogP contribution < -0.4 is 14.9 Å². The Hall–Kier alpha value is -2.56. The van der Waals surface area contributed by atoms with Gasteiger partial charge in [0.1, 0.15) is 6.10 Å². The van der Waals surface area contributed by atoms with Gasteiger partial charge in [-0.3, -0.25) is 4.57 Å². The van der Waals surface area contributed by atoms with Crippen LogP contribution in [0.25, 0.3) is 0 Å². The van der Waals surface area contributed by atoms with Gasteiger partial charge in [0, 0.05) is 6.42 Å². The van der Waals surface area contributed by atoms with E-state index in [2.05, 4.69) is 176 Å². The van der Waals surface area contributed by atoms with Gasteiger partial charge in [0.25, 0.3) is 0 Å². The first kappa shape index (κ1) is 46.1. The topological polar surface area (TPSA) is 95.7 Å². The first-order valence-electron chi connectivity index (χ1n) is 19.2. The first-order valence-corrected chi connectivity index (χ1v) is 28.4. The van der Waals surface area contributed by atoms with E-state index < -0.39 is 40.5 Å². The Morgan fingerprint density at radius 1 is 0.857 bits per heavy atom. The van der Waals surface area contributed by atoms with Crippen LogP contribution >= 0.6 is 0 Å². The quantitative estimate of drug-likeness (QED) is 0.0507. The highest BCUT2D eigenvalue weighted by Gasteiger charge is 2.73. The predicted octanol–water partition coefficient (Wildman–Crippen LogP) is 8.27. The zero-order valence-corrected chi connectivity index (χ0v) is 39.1. The van der Waals surface area contributed by atoms with Gasteiger partial charge in [-0.25, -0.2) is 8.42 Å². The smallest absolute Gasteiger partial charge is 0.485 e. The number of aryl methyl sites for hydroxylation is 1. The predicted molar refractivity (Wildman–Crippen MR) is 222 cm³/mol. The van der Waals surface area contributed by atoms with E-state index in [4.69, 9.17) is 26.2 Å². The van der Waals surface area contributed by atoms with Gasteiger partial charge in [-0.2, -0.15) is 17.7 Å². The van der Waals surface area contributed by atoms with Crippen LogP contribution in [-0.4, -0.2) is 66.7 Å². The summed E-state index contributed by atoms with van der Waals surface area (Å²) in [5, 5.41) is 3.28. The van der Waals surface area contributed by atoms with Crippen LogP contribution in [0.3, 0.4) is 0 Å². The van der Waals surface area contributed by atoms with E-state index in [0.29, 0.717) is 18.7 Å². The molecule has 2 unspecified atom stereocenters. The molecule has 0 radical (unpaired) electrons. The van der Waals surface area contributed by atoms with Crippen LogP contribution in [0, 0.1) is 11.8 Å². The minimum atomic E-state index is -6.09.